The number of nitrogens with zero attached hydrogens (tertiary/aromatic N) is 2. The number of nitrogens with one attached hydrogen (secondary N) is 1. The van der Waals surface area contributed by atoms with Crippen LogP contribution in [0.3, 0.4) is 0 Å². The van der Waals surface area contributed by atoms with Crippen molar-refractivity contribution >= 4 is 16.5 Å². The summed E-state index contributed by atoms with van der Waals surface area (Å²) in [6.07, 6.45) is 6.70. The molecule has 2 aliphatic rings. The minimum absolute atomic E-state index is 0.666. The monoisotopic (exact) mass is 251 g/mol. The molecule has 4 heteroatoms. The summed E-state index contributed by atoms with van der Waals surface area (Å²) in [5, 5.41) is 6.97. The van der Waals surface area contributed by atoms with E-state index in [1.807, 2.05) is 0 Å². The fourth-order valence-corrected chi connectivity index (χ4v) is 3.38. The first-order valence-electron chi connectivity index (χ1n) is 6.77. The minimum atomic E-state index is 0.666. The smallest absolute Gasteiger partial charge is 0.185 e. The molecule has 0 amide bonds. The Morgan fingerprint density at radius 1 is 1.41 bits per heavy atom. The van der Waals surface area contributed by atoms with Crippen LogP contribution in [-0.4, -0.2) is 23.6 Å². The van der Waals surface area contributed by atoms with E-state index in [1.165, 1.54) is 49.5 Å². The van der Waals surface area contributed by atoms with Gasteiger partial charge in [0, 0.05) is 30.6 Å². The first-order valence-corrected chi connectivity index (χ1v) is 7.65. The fourth-order valence-electron chi connectivity index (χ4n) is 2.43. The van der Waals surface area contributed by atoms with Gasteiger partial charge in [-0.2, -0.15) is 0 Å². The molecule has 3 rings (SSSR count). The second kappa shape index (κ2) is 4.94. The quantitative estimate of drug-likeness (QED) is 0.892. The Morgan fingerprint density at radius 2 is 2.29 bits per heavy atom. The van der Waals surface area contributed by atoms with Crippen molar-refractivity contribution in [3.63, 3.8) is 0 Å². The first kappa shape index (κ1) is 11.5. The third-order valence-electron chi connectivity index (χ3n) is 3.74. The normalized spacial score (nSPS) is 25.2. The highest BCUT2D eigenvalue weighted by Crippen LogP contribution is 2.28. The molecule has 1 aromatic heterocycles. The van der Waals surface area contributed by atoms with E-state index in [0.717, 1.165) is 12.6 Å². The molecule has 3 nitrogen and oxygen atoms in total. The average molecular weight is 251 g/mol. The lowest BCUT2D eigenvalue weighted by Crippen LogP contribution is -2.37. The van der Waals surface area contributed by atoms with Crippen LogP contribution in [0.25, 0.3) is 0 Å². The van der Waals surface area contributed by atoms with Crippen LogP contribution in [0.4, 0.5) is 5.13 Å². The summed E-state index contributed by atoms with van der Waals surface area (Å²) < 4.78 is 0. The van der Waals surface area contributed by atoms with Gasteiger partial charge in [-0.3, -0.25) is 0 Å². The van der Waals surface area contributed by atoms with Crippen LogP contribution in [0.1, 0.15) is 44.7 Å². The Bertz CT molecular complexity index is 372. The third kappa shape index (κ3) is 2.80. The molecule has 1 atom stereocenters. The van der Waals surface area contributed by atoms with E-state index in [2.05, 4.69) is 22.5 Å². The van der Waals surface area contributed by atoms with E-state index < -0.39 is 0 Å². The second-order valence-corrected chi connectivity index (χ2v) is 6.15. The van der Waals surface area contributed by atoms with Crippen molar-refractivity contribution in [2.24, 2.45) is 0 Å². The molecule has 2 heterocycles. The topological polar surface area (TPSA) is 28.2 Å². The molecule has 1 aliphatic carbocycles. The van der Waals surface area contributed by atoms with Crippen LogP contribution in [0.15, 0.2) is 5.38 Å². The summed E-state index contributed by atoms with van der Waals surface area (Å²) in [7, 11) is 0. The number of thiazole rings is 1. The van der Waals surface area contributed by atoms with Gasteiger partial charge in [0.05, 0.1) is 5.69 Å². The van der Waals surface area contributed by atoms with E-state index in [-0.39, 0.29) is 0 Å². The summed E-state index contributed by atoms with van der Waals surface area (Å²) >= 11 is 1.81. The summed E-state index contributed by atoms with van der Waals surface area (Å²) in [4.78, 5) is 7.25. The molecule has 1 N–H and O–H groups in total. The number of piperidine rings is 1. The van der Waals surface area contributed by atoms with E-state index >= 15 is 0 Å². The van der Waals surface area contributed by atoms with Crippen LogP contribution in [0.5, 0.6) is 0 Å². The molecule has 0 bridgehead atoms. The van der Waals surface area contributed by atoms with Gasteiger partial charge < -0.3 is 10.2 Å². The zero-order valence-corrected chi connectivity index (χ0v) is 11.3. The van der Waals surface area contributed by atoms with Crippen molar-refractivity contribution in [1.82, 2.24) is 10.3 Å². The Balaban J connectivity index is 1.61. The maximum absolute atomic E-state index is 4.77. The van der Waals surface area contributed by atoms with Crippen molar-refractivity contribution in [1.29, 1.82) is 0 Å². The van der Waals surface area contributed by atoms with Crippen molar-refractivity contribution < 1.29 is 0 Å². The minimum Gasteiger partial charge on any atom is -0.345 e. The number of aromatic nitrogens is 1. The van der Waals surface area contributed by atoms with Crippen molar-refractivity contribution in [2.45, 2.75) is 57.7 Å². The van der Waals surface area contributed by atoms with Gasteiger partial charge in [-0.05, 0) is 39.0 Å². The number of hydrogen-bond acceptors (Lipinski definition) is 4. The summed E-state index contributed by atoms with van der Waals surface area (Å²) in [5.41, 5.74) is 1.22. The highest BCUT2D eigenvalue weighted by atomic mass is 32.1. The number of hydrogen-bond donors (Lipinski definition) is 1. The highest BCUT2D eigenvalue weighted by Gasteiger charge is 2.22. The van der Waals surface area contributed by atoms with Crippen LogP contribution < -0.4 is 10.2 Å². The van der Waals surface area contributed by atoms with Gasteiger partial charge in [0.2, 0.25) is 0 Å². The average Bonchev–Trinajstić information content (AvgIpc) is 3.06. The molecule has 0 spiro atoms. The Hall–Kier alpha value is -0.610. The molecule has 94 valence electrons. The number of anilines is 1. The molecular formula is C13H21N3S. The summed E-state index contributed by atoms with van der Waals surface area (Å²) in [6, 6.07) is 1.44. The van der Waals surface area contributed by atoms with Crippen LogP contribution >= 0.6 is 11.3 Å². The van der Waals surface area contributed by atoms with Gasteiger partial charge in [0.25, 0.3) is 0 Å². The van der Waals surface area contributed by atoms with Crippen molar-refractivity contribution in [3.05, 3.63) is 11.1 Å². The summed E-state index contributed by atoms with van der Waals surface area (Å²) in [6.45, 7) is 4.45. The van der Waals surface area contributed by atoms with E-state index in [0.29, 0.717) is 6.04 Å². The molecule has 1 saturated carbocycles. The Morgan fingerprint density at radius 3 is 3.06 bits per heavy atom. The predicted octanol–water partition coefficient (Wildman–Crippen LogP) is 2.77. The van der Waals surface area contributed by atoms with Gasteiger partial charge >= 0.3 is 0 Å². The lowest BCUT2D eigenvalue weighted by molar-refractivity contribution is 0.483. The predicted molar refractivity (Wildman–Crippen MR) is 72.6 cm³/mol. The van der Waals surface area contributed by atoms with Crippen LogP contribution in [0.2, 0.25) is 0 Å². The highest BCUT2D eigenvalue weighted by molar-refractivity contribution is 7.13. The van der Waals surface area contributed by atoms with Crippen LogP contribution in [0, 0.1) is 0 Å². The van der Waals surface area contributed by atoms with Gasteiger partial charge in [0.1, 0.15) is 0 Å². The second-order valence-electron chi connectivity index (χ2n) is 5.31. The molecular weight excluding hydrogens is 230 g/mol. The van der Waals surface area contributed by atoms with Gasteiger partial charge in [-0.25, -0.2) is 4.98 Å². The number of rotatable bonds is 4. The zero-order chi connectivity index (χ0) is 11.7. The van der Waals surface area contributed by atoms with Gasteiger partial charge in [-0.1, -0.05) is 0 Å². The SMILES string of the molecule is CC1CCCCN1c1nc(CNC2CC2)cs1. The Labute approximate surface area is 107 Å². The van der Waals surface area contributed by atoms with E-state index in [4.69, 9.17) is 4.98 Å². The van der Waals surface area contributed by atoms with Gasteiger partial charge in [-0.15, -0.1) is 11.3 Å². The van der Waals surface area contributed by atoms with Crippen molar-refractivity contribution in [2.75, 3.05) is 11.4 Å². The zero-order valence-electron chi connectivity index (χ0n) is 10.5. The third-order valence-corrected chi connectivity index (χ3v) is 4.66. The maximum Gasteiger partial charge on any atom is 0.185 e. The van der Waals surface area contributed by atoms with E-state index in [1.54, 1.807) is 11.3 Å². The summed E-state index contributed by atoms with van der Waals surface area (Å²) in [5.74, 6) is 0. The molecule has 1 saturated heterocycles. The molecule has 2 fully saturated rings. The maximum atomic E-state index is 4.77. The molecule has 17 heavy (non-hydrogen) atoms. The fraction of sp³-hybridized carbons (Fsp3) is 0.769. The molecule has 0 aromatic carbocycles. The van der Waals surface area contributed by atoms with Gasteiger partial charge in [0.15, 0.2) is 5.13 Å². The molecule has 1 unspecified atom stereocenters. The first-order chi connectivity index (χ1) is 8.33. The standard InChI is InChI=1S/C13H21N3S/c1-10-4-2-3-7-16(10)13-15-12(9-17-13)8-14-11-5-6-11/h9-11,14H,2-8H2,1H3. The molecule has 1 aromatic rings. The Kier molecular flexibility index (Phi) is 3.34. The van der Waals surface area contributed by atoms with Crippen LogP contribution in [-0.2, 0) is 6.54 Å². The van der Waals surface area contributed by atoms with E-state index in [9.17, 15) is 0 Å². The largest absolute Gasteiger partial charge is 0.345 e. The molecule has 0 radical (unpaired) electrons. The lowest BCUT2D eigenvalue weighted by Gasteiger charge is -2.33. The lowest BCUT2D eigenvalue weighted by atomic mass is 10.1. The molecule has 1 aliphatic heterocycles. The van der Waals surface area contributed by atoms with Crippen molar-refractivity contribution in [3.8, 4) is 0 Å².